The average molecular weight is 345 g/mol. The molecule has 1 aliphatic rings. The minimum atomic E-state index is -0.123. The van der Waals surface area contributed by atoms with E-state index in [2.05, 4.69) is 22.4 Å². The molecular formula is C18H23N3O4. The zero-order valence-electron chi connectivity index (χ0n) is 14.6. The summed E-state index contributed by atoms with van der Waals surface area (Å²) in [7, 11) is 0. The lowest BCUT2D eigenvalue weighted by Gasteiger charge is -2.21. The Morgan fingerprint density at radius 3 is 2.84 bits per heavy atom. The van der Waals surface area contributed by atoms with Crippen LogP contribution in [0.1, 0.15) is 50.0 Å². The van der Waals surface area contributed by atoms with Crippen molar-refractivity contribution in [2.75, 3.05) is 13.2 Å². The van der Waals surface area contributed by atoms with Crippen molar-refractivity contribution in [3.63, 3.8) is 0 Å². The van der Waals surface area contributed by atoms with E-state index >= 15 is 0 Å². The van der Waals surface area contributed by atoms with E-state index in [9.17, 15) is 4.79 Å². The van der Waals surface area contributed by atoms with Crippen LogP contribution in [0.3, 0.4) is 0 Å². The van der Waals surface area contributed by atoms with E-state index in [0.717, 1.165) is 29.9 Å². The van der Waals surface area contributed by atoms with Crippen LogP contribution in [0.4, 0.5) is 0 Å². The van der Waals surface area contributed by atoms with Gasteiger partial charge in [0.2, 0.25) is 11.8 Å². The SMILES string of the molecule is CCCc1noc(CCC(=O)N[C@H](C)c2ccc3c(c2)OCCO3)n1. The summed E-state index contributed by atoms with van der Waals surface area (Å²) in [6, 6.07) is 5.60. The molecule has 1 amide bonds. The van der Waals surface area contributed by atoms with E-state index in [-0.39, 0.29) is 11.9 Å². The molecule has 7 heteroatoms. The van der Waals surface area contributed by atoms with E-state index in [1.165, 1.54) is 0 Å². The summed E-state index contributed by atoms with van der Waals surface area (Å²) in [6.07, 6.45) is 2.50. The van der Waals surface area contributed by atoms with Crippen molar-refractivity contribution in [3.05, 3.63) is 35.5 Å². The van der Waals surface area contributed by atoms with Crippen LogP contribution in [0.25, 0.3) is 0 Å². The van der Waals surface area contributed by atoms with Crippen LogP contribution in [0.5, 0.6) is 11.5 Å². The van der Waals surface area contributed by atoms with E-state index in [1.807, 2.05) is 25.1 Å². The number of carbonyl (C=O) groups is 1. The van der Waals surface area contributed by atoms with Gasteiger partial charge in [0.15, 0.2) is 17.3 Å². The van der Waals surface area contributed by atoms with Gasteiger partial charge in [-0.3, -0.25) is 4.79 Å². The number of nitrogens with one attached hydrogen (secondary N) is 1. The Balaban J connectivity index is 1.51. The van der Waals surface area contributed by atoms with Crippen molar-refractivity contribution in [2.45, 2.75) is 45.6 Å². The molecule has 1 atom stereocenters. The Labute approximate surface area is 146 Å². The third kappa shape index (κ3) is 4.49. The topological polar surface area (TPSA) is 86.5 Å². The van der Waals surface area contributed by atoms with Crippen LogP contribution in [-0.2, 0) is 17.6 Å². The van der Waals surface area contributed by atoms with Crippen molar-refractivity contribution in [1.29, 1.82) is 0 Å². The van der Waals surface area contributed by atoms with Crippen molar-refractivity contribution < 1.29 is 18.8 Å². The Kier molecular flexibility index (Phi) is 5.53. The minimum Gasteiger partial charge on any atom is -0.486 e. The smallest absolute Gasteiger partial charge is 0.227 e. The van der Waals surface area contributed by atoms with Gasteiger partial charge >= 0.3 is 0 Å². The van der Waals surface area contributed by atoms with Crippen molar-refractivity contribution in [2.24, 2.45) is 0 Å². The molecule has 2 heterocycles. The fourth-order valence-electron chi connectivity index (χ4n) is 2.66. The van der Waals surface area contributed by atoms with E-state index in [1.54, 1.807) is 0 Å². The van der Waals surface area contributed by atoms with Gasteiger partial charge in [-0.25, -0.2) is 0 Å². The molecule has 1 aromatic carbocycles. The molecule has 0 saturated heterocycles. The predicted molar refractivity (Wildman–Crippen MR) is 90.6 cm³/mol. The molecule has 25 heavy (non-hydrogen) atoms. The lowest BCUT2D eigenvalue weighted by molar-refractivity contribution is -0.121. The first-order valence-corrected chi connectivity index (χ1v) is 8.66. The zero-order chi connectivity index (χ0) is 17.6. The highest BCUT2D eigenvalue weighted by Gasteiger charge is 2.16. The molecule has 0 saturated carbocycles. The number of aromatic nitrogens is 2. The molecule has 0 aliphatic carbocycles. The molecule has 2 aromatic rings. The first-order chi connectivity index (χ1) is 12.2. The van der Waals surface area contributed by atoms with Crippen LogP contribution in [0.2, 0.25) is 0 Å². The van der Waals surface area contributed by atoms with Gasteiger partial charge in [0, 0.05) is 19.3 Å². The second kappa shape index (κ2) is 8.00. The number of fused-ring (bicyclic) bond motifs is 1. The van der Waals surface area contributed by atoms with Gasteiger partial charge in [-0.05, 0) is 31.0 Å². The molecule has 0 radical (unpaired) electrons. The molecule has 0 fully saturated rings. The predicted octanol–water partition coefficient (Wildman–Crippen LogP) is 2.60. The highest BCUT2D eigenvalue weighted by atomic mass is 16.6. The number of hydrogen-bond acceptors (Lipinski definition) is 6. The zero-order valence-corrected chi connectivity index (χ0v) is 14.6. The molecule has 1 N–H and O–H groups in total. The number of carbonyl (C=O) groups excluding carboxylic acids is 1. The van der Waals surface area contributed by atoms with Gasteiger partial charge in [-0.15, -0.1) is 0 Å². The number of hydrogen-bond donors (Lipinski definition) is 1. The molecule has 3 rings (SSSR count). The van der Waals surface area contributed by atoms with Crippen molar-refractivity contribution >= 4 is 5.91 Å². The maximum atomic E-state index is 12.2. The number of nitrogens with zero attached hydrogens (tertiary/aromatic N) is 2. The third-order valence-corrected chi connectivity index (χ3v) is 3.99. The maximum absolute atomic E-state index is 12.2. The Hall–Kier alpha value is -2.57. The summed E-state index contributed by atoms with van der Waals surface area (Å²) in [5.74, 6) is 2.61. The van der Waals surface area contributed by atoms with Crippen LogP contribution < -0.4 is 14.8 Å². The third-order valence-electron chi connectivity index (χ3n) is 3.99. The Morgan fingerprint density at radius 1 is 1.24 bits per heavy atom. The van der Waals surface area contributed by atoms with Gasteiger partial charge in [0.05, 0.1) is 6.04 Å². The van der Waals surface area contributed by atoms with Crippen molar-refractivity contribution in [3.8, 4) is 11.5 Å². The summed E-state index contributed by atoms with van der Waals surface area (Å²) >= 11 is 0. The molecule has 0 spiro atoms. The average Bonchev–Trinajstić information content (AvgIpc) is 3.07. The monoisotopic (exact) mass is 345 g/mol. The van der Waals surface area contributed by atoms with Gasteiger partial charge < -0.3 is 19.3 Å². The van der Waals surface area contributed by atoms with Gasteiger partial charge in [-0.1, -0.05) is 18.1 Å². The second-order valence-corrected chi connectivity index (χ2v) is 6.05. The summed E-state index contributed by atoms with van der Waals surface area (Å²) in [4.78, 5) is 16.4. The largest absolute Gasteiger partial charge is 0.486 e. The Bertz CT molecular complexity index is 729. The summed E-state index contributed by atoms with van der Waals surface area (Å²) in [6.45, 7) is 5.10. The van der Waals surface area contributed by atoms with E-state index in [0.29, 0.717) is 37.8 Å². The first kappa shape index (κ1) is 17.3. The molecule has 134 valence electrons. The molecule has 7 nitrogen and oxygen atoms in total. The number of aryl methyl sites for hydroxylation is 2. The molecule has 0 unspecified atom stereocenters. The highest BCUT2D eigenvalue weighted by molar-refractivity contribution is 5.76. The number of rotatable bonds is 7. The van der Waals surface area contributed by atoms with Crippen molar-refractivity contribution in [1.82, 2.24) is 15.5 Å². The lowest BCUT2D eigenvalue weighted by Crippen LogP contribution is -2.27. The highest BCUT2D eigenvalue weighted by Crippen LogP contribution is 2.32. The van der Waals surface area contributed by atoms with Crippen LogP contribution in [-0.4, -0.2) is 29.3 Å². The summed E-state index contributed by atoms with van der Waals surface area (Å²) in [5.41, 5.74) is 0.973. The second-order valence-electron chi connectivity index (χ2n) is 6.05. The van der Waals surface area contributed by atoms with Crippen LogP contribution in [0.15, 0.2) is 22.7 Å². The fourth-order valence-corrected chi connectivity index (χ4v) is 2.66. The van der Waals surface area contributed by atoms with E-state index in [4.69, 9.17) is 14.0 Å². The summed E-state index contributed by atoms with van der Waals surface area (Å²) < 4.78 is 16.2. The maximum Gasteiger partial charge on any atom is 0.227 e. The normalized spacial score (nSPS) is 14.2. The van der Waals surface area contributed by atoms with Gasteiger partial charge in [0.1, 0.15) is 13.2 Å². The minimum absolute atomic E-state index is 0.0577. The van der Waals surface area contributed by atoms with E-state index < -0.39 is 0 Å². The number of benzene rings is 1. The van der Waals surface area contributed by atoms with Crippen LogP contribution in [0, 0.1) is 0 Å². The number of amides is 1. The Morgan fingerprint density at radius 2 is 2.04 bits per heavy atom. The molecule has 1 aromatic heterocycles. The lowest BCUT2D eigenvalue weighted by atomic mass is 10.1. The summed E-state index contributed by atoms with van der Waals surface area (Å²) in [5, 5.41) is 6.87. The molecule has 1 aliphatic heterocycles. The van der Waals surface area contributed by atoms with Gasteiger partial charge in [-0.2, -0.15) is 4.98 Å². The molecular weight excluding hydrogens is 322 g/mol. The number of ether oxygens (including phenoxy) is 2. The standard InChI is InChI=1S/C18H23N3O4/c1-3-4-16-20-18(25-21-16)8-7-17(22)19-12(2)13-5-6-14-15(11-13)24-10-9-23-14/h5-6,11-12H,3-4,7-10H2,1-2H3,(H,19,22)/t12-/m1/s1. The first-order valence-electron chi connectivity index (χ1n) is 8.66. The van der Waals surface area contributed by atoms with Crippen LogP contribution >= 0.6 is 0 Å². The fraction of sp³-hybridized carbons (Fsp3) is 0.500. The quantitative estimate of drug-likeness (QED) is 0.830. The van der Waals surface area contributed by atoms with Gasteiger partial charge in [0.25, 0.3) is 0 Å². The molecule has 0 bridgehead atoms.